The first-order valence-electron chi connectivity index (χ1n) is 6.12. The molecular weight excluding hydrogens is 289 g/mol. The molecule has 0 saturated heterocycles. The van der Waals surface area contributed by atoms with Crippen LogP contribution in [-0.2, 0) is 10.8 Å². The predicted octanol–water partition coefficient (Wildman–Crippen LogP) is 4.01. The molecule has 3 atom stereocenters. The molecule has 2 N–H and O–H groups in total. The van der Waals surface area contributed by atoms with E-state index in [1.165, 1.54) is 0 Å². The van der Waals surface area contributed by atoms with Crippen LogP contribution in [0.25, 0.3) is 0 Å². The van der Waals surface area contributed by atoms with E-state index in [9.17, 15) is 4.21 Å². The zero-order chi connectivity index (χ0) is 13.7. The lowest BCUT2D eigenvalue weighted by Gasteiger charge is -2.21. The lowest BCUT2D eigenvalue weighted by Crippen LogP contribution is -2.37. The third-order valence-corrected chi connectivity index (χ3v) is 5.59. The molecule has 3 unspecified atom stereocenters. The number of halogens is 2. The largest absolute Gasteiger partial charge is 0.327 e. The van der Waals surface area contributed by atoms with Gasteiger partial charge in [-0.1, -0.05) is 43.5 Å². The lowest BCUT2D eigenvalue weighted by atomic mass is 10.1. The molecule has 0 fully saturated rings. The minimum absolute atomic E-state index is 0.0396. The summed E-state index contributed by atoms with van der Waals surface area (Å²) in [5.74, 6) is 0. The fourth-order valence-corrected chi connectivity index (χ4v) is 3.81. The van der Waals surface area contributed by atoms with Gasteiger partial charge in [-0.2, -0.15) is 0 Å². The molecule has 1 aromatic rings. The van der Waals surface area contributed by atoms with Crippen LogP contribution in [0.3, 0.4) is 0 Å². The molecule has 0 bridgehead atoms. The van der Waals surface area contributed by atoms with Gasteiger partial charge in [-0.15, -0.1) is 0 Å². The molecule has 0 saturated carbocycles. The second-order valence-corrected chi connectivity index (χ2v) is 6.76. The summed E-state index contributed by atoms with van der Waals surface area (Å²) < 4.78 is 12.5. The maximum atomic E-state index is 12.5. The Morgan fingerprint density at radius 2 is 1.94 bits per heavy atom. The van der Waals surface area contributed by atoms with Crippen molar-refractivity contribution in [2.75, 3.05) is 0 Å². The highest BCUT2D eigenvalue weighted by Crippen LogP contribution is 2.26. The van der Waals surface area contributed by atoms with Crippen LogP contribution in [0.5, 0.6) is 0 Å². The summed E-state index contributed by atoms with van der Waals surface area (Å²) in [5.41, 5.74) is 6.09. The van der Waals surface area contributed by atoms with Gasteiger partial charge in [-0.3, -0.25) is 4.21 Å². The number of nitrogens with two attached hydrogens (primary N) is 1. The summed E-state index contributed by atoms with van der Waals surface area (Å²) in [5, 5.41) is 0.868. The zero-order valence-electron chi connectivity index (χ0n) is 10.7. The van der Waals surface area contributed by atoms with Crippen molar-refractivity contribution < 1.29 is 4.21 Å². The van der Waals surface area contributed by atoms with Crippen molar-refractivity contribution in [1.82, 2.24) is 0 Å². The molecule has 1 aromatic carbocycles. The summed E-state index contributed by atoms with van der Waals surface area (Å²) >= 11 is 11.8. The Bertz CT molecular complexity index is 425. The zero-order valence-corrected chi connectivity index (χ0v) is 13.0. The summed E-state index contributed by atoms with van der Waals surface area (Å²) in [4.78, 5) is 0.697. The highest BCUT2D eigenvalue weighted by atomic mass is 35.5. The van der Waals surface area contributed by atoms with Gasteiger partial charge in [0.2, 0.25) is 0 Å². The number of hydrogen-bond donors (Lipinski definition) is 1. The van der Waals surface area contributed by atoms with Gasteiger partial charge in [0.1, 0.15) is 0 Å². The van der Waals surface area contributed by atoms with E-state index in [2.05, 4.69) is 6.92 Å². The van der Waals surface area contributed by atoms with Gasteiger partial charge < -0.3 is 5.73 Å². The number of hydrogen-bond acceptors (Lipinski definition) is 2. The molecule has 102 valence electrons. The highest BCUT2D eigenvalue weighted by Gasteiger charge is 2.23. The van der Waals surface area contributed by atoms with E-state index in [0.29, 0.717) is 14.9 Å². The van der Waals surface area contributed by atoms with Crippen LogP contribution in [0.1, 0.15) is 33.1 Å². The molecule has 1 rings (SSSR count). The van der Waals surface area contributed by atoms with Crippen molar-refractivity contribution in [2.24, 2.45) is 5.73 Å². The molecule has 0 aliphatic carbocycles. The van der Waals surface area contributed by atoms with Crippen LogP contribution in [0, 0.1) is 0 Å². The SMILES string of the molecule is CCCC(N)C(CC)S(=O)c1ccc(Cl)c(Cl)c1. The maximum absolute atomic E-state index is 12.5. The summed E-state index contributed by atoms with van der Waals surface area (Å²) in [6.45, 7) is 4.09. The van der Waals surface area contributed by atoms with Gasteiger partial charge in [0.25, 0.3) is 0 Å². The van der Waals surface area contributed by atoms with Crippen LogP contribution < -0.4 is 5.73 Å². The molecular formula is C13H19Cl2NOS. The van der Waals surface area contributed by atoms with E-state index >= 15 is 0 Å². The van der Waals surface area contributed by atoms with Gasteiger partial charge in [0, 0.05) is 10.9 Å². The van der Waals surface area contributed by atoms with Gasteiger partial charge in [-0.05, 0) is 31.0 Å². The first-order chi connectivity index (χ1) is 8.51. The van der Waals surface area contributed by atoms with Crippen molar-refractivity contribution in [1.29, 1.82) is 0 Å². The van der Waals surface area contributed by atoms with Crippen LogP contribution >= 0.6 is 23.2 Å². The Labute approximate surface area is 121 Å². The van der Waals surface area contributed by atoms with Crippen LogP contribution in [0.2, 0.25) is 10.0 Å². The van der Waals surface area contributed by atoms with Crippen LogP contribution in [0.15, 0.2) is 23.1 Å². The van der Waals surface area contributed by atoms with E-state index in [1.807, 2.05) is 6.92 Å². The van der Waals surface area contributed by atoms with Crippen LogP contribution in [-0.4, -0.2) is 15.5 Å². The third kappa shape index (κ3) is 3.95. The van der Waals surface area contributed by atoms with Crippen molar-refractivity contribution in [3.05, 3.63) is 28.2 Å². The van der Waals surface area contributed by atoms with E-state index in [-0.39, 0.29) is 11.3 Å². The van der Waals surface area contributed by atoms with E-state index in [1.54, 1.807) is 18.2 Å². The Kier molecular flexibility index (Phi) is 6.64. The van der Waals surface area contributed by atoms with E-state index in [4.69, 9.17) is 28.9 Å². The van der Waals surface area contributed by atoms with Crippen molar-refractivity contribution in [3.63, 3.8) is 0 Å². The molecule has 0 amide bonds. The topological polar surface area (TPSA) is 43.1 Å². The second kappa shape index (κ2) is 7.49. The first kappa shape index (κ1) is 16.0. The molecule has 18 heavy (non-hydrogen) atoms. The van der Waals surface area contributed by atoms with Gasteiger partial charge in [-0.25, -0.2) is 0 Å². The first-order valence-corrected chi connectivity index (χ1v) is 8.09. The molecule has 2 nitrogen and oxygen atoms in total. The average molecular weight is 308 g/mol. The van der Waals surface area contributed by atoms with Crippen LogP contribution in [0.4, 0.5) is 0 Å². The Morgan fingerprint density at radius 3 is 2.44 bits per heavy atom. The third-order valence-electron chi connectivity index (χ3n) is 2.90. The number of benzene rings is 1. The summed E-state index contributed by atoms with van der Waals surface area (Å²) in [6, 6.07) is 5.05. The molecule has 0 aliphatic rings. The van der Waals surface area contributed by atoms with E-state index < -0.39 is 10.8 Å². The minimum atomic E-state index is -1.14. The average Bonchev–Trinajstić information content (AvgIpc) is 2.33. The van der Waals surface area contributed by atoms with Gasteiger partial charge in [0.05, 0.1) is 26.1 Å². The molecule has 0 spiro atoms. The second-order valence-electron chi connectivity index (χ2n) is 4.27. The van der Waals surface area contributed by atoms with Gasteiger partial charge in [0.15, 0.2) is 0 Å². The molecule has 0 aromatic heterocycles. The molecule has 0 heterocycles. The standard InChI is InChI=1S/C13H19Cl2NOS/c1-3-5-12(16)13(4-2)18(17)9-6-7-10(14)11(15)8-9/h6-8,12-13H,3-5,16H2,1-2H3. The monoisotopic (exact) mass is 307 g/mol. The summed E-state index contributed by atoms with van der Waals surface area (Å²) in [7, 11) is -1.14. The summed E-state index contributed by atoms with van der Waals surface area (Å²) in [6.07, 6.45) is 2.66. The molecule has 5 heteroatoms. The quantitative estimate of drug-likeness (QED) is 0.863. The molecule has 0 radical (unpaired) electrons. The number of rotatable bonds is 6. The van der Waals surface area contributed by atoms with Crippen molar-refractivity contribution >= 4 is 34.0 Å². The Morgan fingerprint density at radius 1 is 1.28 bits per heavy atom. The minimum Gasteiger partial charge on any atom is -0.327 e. The Balaban J connectivity index is 2.92. The maximum Gasteiger partial charge on any atom is 0.0604 e. The van der Waals surface area contributed by atoms with Gasteiger partial charge >= 0.3 is 0 Å². The Hall–Kier alpha value is -0.0900. The highest BCUT2D eigenvalue weighted by molar-refractivity contribution is 7.85. The molecule has 0 aliphatic heterocycles. The fraction of sp³-hybridized carbons (Fsp3) is 0.538. The normalized spacial score (nSPS) is 16.3. The van der Waals surface area contributed by atoms with Crippen molar-refractivity contribution in [3.8, 4) is 0 Å². The van der Waals surface area contributed by atoms with Crippen molar-refractivity contribution in [2.45, 2.75) is 49.3 Å². The fourth-order valence-electron chi connectivity index (χ4n) is 1.91. The van der Waals surface area contributed by atoms with E-state index in [0.717, 1.165) is 19.3 Å². The lowest BCUT2D eigenvalue weighted by molar-refractivity contribution is 0.550. The smallest absolute Gasteiger partial charge is 0.0604 e. The predicted molar refractivity (Wildman–Crippen MR) is 79.8 cm³/mol.